The molecular weight excluding hydrogens is 372 g/mol. The number of aromatic amines is 1. The van der Waals surface area contributed by atoms with Crippen molar-refractivity contribution >= 4 is 11.6 Å². The molecule has 1 aliphatic heterocycles. The van der Waals surface area contributed by atoms with Crippen LogP contribution in [0.5, 0.6) is 0 Å². The molecule has 1 aromatic heterocycles. The minimum atomic E-state index is 0.285. The fourth-order valence-electron chi connectivity index (χ4n) is 3.68. The quantitative estimate of drug-likeness (QED) is 0.636. The van der Waals surface area contributed by atoms with Crippen LogP contribution >= 0.6 is 11.6 Å². The third-order valence-electron chi connectivity index (χ3n) is 5.17. The first-order chi connectivity index (χ1) is 13.8. The smallest absolute Gasteiger partial charge is 0.0695 e. The van der Waals surface area contributed by atoms with E-state index in [4.69, 9.17) is 16.3 Å². The first-order valence-electron chi connectivity index (χ1n) is 9.67. The van der Waals surface area contributed by atoms with Gasteiger partial charge >= 0.3 is 0 Å². The summed E-state index contributed by atoms with van der Waals surface area (Å²) in [5, 5.41) is 11.8. The molecule has 1 aliphatic rings. The van der Waals surface area contributed by atoms with Crippen LogP contribution in [0.2, 0.25) is 5.02 Å². The lowest BCUT2D eigenvalue weighted by Gasteiger charge is -2.35. The fourth-order valence-corrected chi connectivity index (χ4v) is 3.80. The number of ether oxygens (including phenoxy) is 1. The van der Waals surface area contributed by atoms with Crippen molar-refractivity contribution in [3.8, 4) is 11.3 Å². The summed E-state index contributed by atoms with van der Waals surface area (Å²) in [5.74, 6) is 0. The number of hydrogen-bond donors (Lipinski definition) is 2. The van der Waals surface area contributed by atoms with Crippen LogP contribution in [-0.4, -0.2) is 47.9 Å². The van der Waals surface area contributed by atoms with Gasteiger partial charge in [-0.3, -0.25) is 10.00 Å². The molecule has 3 aromatic rings. The molecule has 1 saturated heterocycles. The Bertz CT molecular complexity index is 860. The average molecular weight is 397 g/mol. The summed E-state index contributed by atoms with van der Waals surface area (Å²) in [7, 11) is 0. The van der Waals surface area contributed by atoms with Gasteiger partial charge in [0.15, 0.2) is 0 Å². The zero-order chi connectivity index (χ0) is 19.2. The third-order valence-corrected chi connectivity index (χ3v) is 5.43. The van der Waals surface area contributed by atoms with E-state index in [1.54, 1.807) is 0 Å². The van der Waals surface area contributed by atoms with Crippen LogP contribution in [0, 0.1) is 0 Å². The number of aromatic nitrogens is 2. The first-order valence-corrected chi connectivity index (χ1v) is 10.0. The highest BCUT2D eigenvalue weighted by molar-refractivity contribution is 6.30. The van der Waals surface area contributed by atoms with Gasteiger partial charge in [-0.05, 0) is 23.3 Å². The monoisotopic (exact) mass is 396 g/mol. The Morgan fingerprint density at radius 3 is 2.57 bits per heavy atom. The summed E-state index contributed by atoms with van der Waals surface area (Å²) < 4.78 is 5.54. The Morgan fingerprint density at radius 1 is 1.07 bits per heavy atom. The molecule has 0 bridgehead atoms. The molecule has 146 valence electrons. The van der Waals surface area contributed by atoms with E-state index in [9.17, 15) is 0 Å². The minimum Gasteiger partial charge on any atom is -0.379 e. The number of H-pyrrole nitrogens is 1. The first kappa shape index (κ1) is 19.2. The van der Waals surface area contributed by atoms with Gasteiger partial charge in [-0.2, -0.15) is 5.10 Å². The predicted molar refractivity (Wildman–Crippen MR) is 112 cm³/mol. The Kier molecular flexibility index (Phi) is 6.39. The Balaban J connectivity index is 1.45. The summed E-state index contributed by atoms with van der Waals surface area (Å²) in [6, 6.07) is 18.8. The molecule has 0 spiro atoms. The highest BCUT2D eigenvalue weighted by Gasteiger charge is 2.22. The van der Waals surface area contributed by atoms with Crippen molar-refractivity contribution in [1.29, 1.82) is 0 Å². The molecule has 1 unspecified atom stereocenters. The molecule has 6 heteroatoms. The number of nitrogens with one attached hydrogen (secondary N) is 2. The second-order valence-electron chi connectivity index (χ2n) is 6.98. The third kappa shape index (κ3) is 4.62. The van der Waals surface area contributed by atoms with Crippen molar-refractivity contribution < 1.29 is 4.74 Å². The lowest BCUT2D eigenvalue weighted by Crippen LogP contribution is -2.42. The maximum atomic E-state index is 6.09. The van der Waals surface area contributed by atoms with E-state index >= 15 is 0 Å². The number of hydrogen-bond acceptors (Lipinski definition) is 4. The lowest BCUT2D eigenvalue weighted by molar-refractivity contribution is 0.0161. The van der Waals surface area contributed by atoms with Crippen molar-refractivity contribution in [1.82, 2.24) is 20.4 Å². The molecule has 2 N–H and O–H groups in total. The van der Waals surface area contributed by atoms with Gasteiger partial charge in [0.05, 0.1) is 25.1 Å². The maximum absolute atomic E-state index is 6.09. The highest BCUT2D eigenvalue weighted by atomic mass is 35.5. The number of benzene rings is 2. The molecule has 1 atom stereocenters. The highest BCUT2D eigenvalue weighted by Crippen LogP contribution is 2.24. The molecule has 2 heterocycles. The molecule has 4 rings (SSSR count). The van der Waals surface area contributed by atoms with E-state index < -0.39 is 0 Å². The summed E-state index contributed by atoms with van der Waals surface area (Å²) in [5.41, 5.74) is 4.67. The largest absolute Gasteiger partial charge is 0.379 e. The maximum Gasteiger partial charge on any atom is 0.0695 e. The number of nitrogens with zero attached hydrogens (tertiary/aromatic N) is 2. The molecule has 1 fully saturated rings. The van der Waals surface area contributed by atoms with Gasteiger partial charge in [0.1, 0.15) is 0 Å². The van der Waals surface area contributed by atoms with Gasteiger partial charge in [-0.25, -0.2) is 0 Å². The van der Waals surface area contributed by atoms with Crippen LogP contribution in [0.25, 0.3) is 11.3 Å². The zero-order valence-corrected chi connectivity index (χ0v) is 16.5. The van der Waals surface area contributed by atoms with Gasteiger partial charge in [-0.1, -0.05) is 54.1 Å². The van der Waals surface area contributed by atoms with Crippen LogP contribution in [0.15, 0.2) is 60.8 Å². The van der Waals surface area contributed by atoms with E-state index in [0.717, 1.165) is 55.7 Å². The average Bonchev–Trinajstić information content (AvgIpc) is 3.22. The van der Waals surface area contributed by atoms with E-state index in [1.807, 2.05) is 36.5 Å². The Hall–Kier alpha value is -2.18. The van der Waals surface area contributed by atoms with E-state index in [-0.39, 0.29) is 6.04 Å². The number of morpholine rings is 1. The number of rotatable bonds is 7. The summed E-state index contributed by atoms with van der Waals surface area (Å²) in [6.07, 6.45) is 1.90. The molecule has 0 radical (unpaired) electrons. The van der Waals surface area contributed by atoms with Crippen LogP contribution in [0.1, 0.15) is 17.2 Å². The van der Waals surface area contributed by atoms with E-state index in [0.29, 0.717) is 0 Å². The predicted octanol–water partition coefficient (Wildman–Crippen LogP) is 3.89. The van der Waals surface area contributed by atoms with Crippen LogP contribution in [-0.2, 0) is 11.3 Å². The second kappa shape index (κ2) is 9.34. The van der Waals surface area contributed by atoms with Crippen LogP contribution in [0.3, 0.4) is 0 Å². The normalized spacial score (nSPS) is 16.2. The van der Waals surface area contributed by atoms with E-state index in [1.165, 1.54) is 11.1 Å². The Morgan fingerprint density at radius 2 is 1.82 bits per heavy atom. The summed E-state index contributed by atoms with van der Waals surface area (Å²) >= 11 is 6.09. The standard InChI is InChI=1S/C22H25ClN4O/c23-20-8-6-17(7-9-20)21(27-10-12-28-13-11-27)16-24-14-19-15-25-26-22(19)18-4-2-1-3-5-18/h1-9,15,21,24H,10-14,16H2,(H,25,26). The van der Waals surface area contributed by atoms with Crippen LogP contribution < -0.4 is 5.32 Å². The summed E-state index contributed by atoms with van der Waals surface area (Å²) in [6.45, 7) is 5.05. The SMILES string of the molecule is Clc1ccc(C(CNCc2cn[nH]c2-c2ccccc2)N2CCOCC2)cc1. The second-order valence-corrected chi connectivity index (χ2v) is 7.42. The molecule has 0 aliphatic carbocycles. The zero-order valence-electron chi connectivity index (χ0n) is 15.8. The fraction of sp³-hybridized carbons (Fsp3) is 0.318. The van der Waals surface area contributed by atoms with Gasteiger partial charge in [0, 0.05) is 42.8 Å². The van der Waals surface area contributed by atoms with E-state index in [2.05, 4.69) is 44.7 Å². The molecular formula is C22H25ClN4O. The van der Waals surface area contributed by atoms with Gasteiger partial charge in [0.25, 0.3) is 0 Å². The van der Waals surface area contributed by atoms with Gasteiger partial charge in [-0.15, -0.1) is 0 Å². The topological polar surface area (TPSA) is 53.2 Å². The number of halogens is 1. The minimum absolute atomic E-state index is 0.285. The van der Waals surface area contributed by atoms with Gasteiger partial charge < -0.3 is 10.1 Å². The van der Waals surface area contributed by atoms with Crippen molar-refractivity contribution in [3.63, 3.8) is 0 Å². The van der Waals surface area contributed by atoms with Crippen molar-refractivity contribution in [2.75, 3.05) is 32.8 Å². The lowest BCUT2D eigenvalue weighted by atomic mass is 10.0. The van der Waals surface area contributed by atoms with Crippen molar-refractivity contribution in [2.45, 2.75) is 12.6 Å². The molecule has 5 nitrogen and oxygen atoms in total. The van der Waals surface area contributed by atoms with Crippen molar-refractivity contribution in [3.05, 3.63) is 76.9 Å². The van der Waals surface area contributed by atoms with Gasteiger partial charge in [0.2, 0.25) is 0 Å². The summed E-state index contributed by atoms with van der Waals surface area (Å²) in [4.78, 5) is 2.48. The van der Waals surface area contributed by atoms with Crippen molar-refractivity contribution in [2.24, 2.45) is 0 Å². The molecule has 2 aromatic carbocycles. The van der Waals surface area contributed by atoms with Crippen LogP contribution in [0.4, 0.5) is 0 Å². The molecule has 0 saturated carbocycles. The molecule has 28 heavy (non-hydrogen) atoms. The molecule has 0 amide bonds. The Labute approximate surface area is 170 Å².